The molecule has 4 heteroatoms. The number of rotatable bonds is 6. The van der Waals surface area contributed by atoms with Gasteiger partial charge in [0.25, 0.3) is 0 Å². The van der Waals surface area contributed by atoms with E-state index in [9.17, 15) is 4.79 Å². The standard InChI is InChI=1S/C10H19NO3/c1-3-14-9-6-8(7-9)11(2)5-4-10(12)13/h8-9H,3-7H2,1-2H3,(H,12,13). The van der Waals surface area contributed by atoms with Crippen molar-refractivity contribution in [3.63, 3.8) is 0 Å². The topological polar surface area (TPSA) is 49.8 Å². The Morgan fingerprint density at radius 2 is 2.21 bits per heavy atom. The van der Waals surface area contributed by atoms with E-state index in [1.54, 1.807) is 0 Å². The number of nitrogens with zero attached hydrogens (tertiary/aromatic N) is 1. The van der Waals surface area contributed by atoms with Crippen molar-refractivity contribution in [3.05, 3.63) is 0 Å². The van der Waals surface area contributed by atoms with Crippen molar-refractivity contribution in [3.8, 4) is 0 Å². The van der Waals surface area contributed by atoms with Crippen LogP contribution in [0, 0.1) is 0 Å². The minimum Gasteiger partial charge on any atom is -0.481 e. The molecule has 0 saturated heterocycles. The summed E-state index contributed by atoms with van der Waals surface area (Å²) >= 11 is 0. The van der Waals surface area contributed by atoms with Crippen LogP contribution < -0.4 is 0 Å². The summed E-state index contributed by atoms with van der Waals surface area (Å²) in [7, 11) is 1.98. The van der Waals surface area contributed by atoms with Crippen molar-refractivity contribution in [2.24, 2.45) is 0 Å². The maximum atomic E-state index is 10.3. The zero-order valence-electron chi connectivity index (χ0n) is 8.90. The zero-order chi connectivity index (χ0) is 10.6. The molecular weight excluding hydrogens is 182 g/mol. The molecule has 0 aliphatic heterocycles. The second-order valence-corrected chi connectivity index (χ2v) is 3.83. The molecule has 4 nitrogen and oxygen atoms in total. The molecule has 14 heavy (non-hydrogen) atoms. The van der Waals surface area contributed by atoms with Crippen LogP contribution >= 0.6 is 0 Å². The molecule has 82 valence electrons. The molecule has 1 rings (SSSR count). The highest BCUT2D eigenvalue weighted by molar-refractivity contribution is 5.66. The van der Waals surface area contributed by atoms with E-state index in [-0.39, 0.29) is 6.42 Å². The van der Waals surface area contributed by atoms with Gasteiger partial charge < -0.3 is 14.7 Å². The average Bonchev–Trinajstić information content (AvgIpc) is 2.06. The van der Waals surface area contributed by atoms with E-state index in [4.69, 9.17) is 9.84 Å². The van der Waals surface area contributed by atoms with Gasteiger partial charge >= 0.3 is 5.97 Å². The molecule has 0 unspecified atom stereocenters. The molecule has 1 aliphatic rings. The van der Waals surface area contributed by atoms with Crippen molar-refractivity contribution >= 4 is 5.97 Å². The molecule has 1 aliphatic carbocycles. The number of ether oxygens (including phenoxy) is 1. The summed E-state index contributed by atoms with van der Waals surface area (Å²) in [6.07, 6.45) is 2.72. The number of aliphatic carboxylic acids is 1. The first kappa shape index (κ1) is 11.5. The Morgan fingerprint density at radius 3 is 2.71 bits per heavy atom. The minimum absolute atomic E-state index is 0.228. The second kappa shape index (κ2) is 5.32. The van der Waals surface area contributed by atoms with Gasteiger partial charge in [0.2, 0.25) is 0 Å². The van der Waals surface area contributed by atoms with Gasteiger partial charge in [-0.05, 0) is 26.8 Å². The van der Waals surface area contributed by atoms with E-state index in [0.29, 0.717) is 18.7 Å². The predicted molar refractivity (Wildman–Crippen MR) is 53.3 cm³/mol. The van der Waals surface area contributed by atoms with Crippen molar-refractivity contribution < 1.29 is 14.6 Å². The van der Waals surface area contributed by atoms with Crippen LogP contribution in [0.25, 0.3) is 0 Å². The summed E-state index contributed by atoms with van der Waals surface area (Å²) in [6, 6.07) is 0.519. The molecule has 0 atom stereocenters. The highest BCUT2D eigenvalue weighted by Crippen LogP contribution is 2.27. The lowest BCUT2D eigenvalue weighted by Crippen LogP contribution is -2.46. The largest absolute Gasteiger partial charge is 0.481 e. The van der Waals surface area contributed by atoms with Crippen molar-refractivity contribution in [2.75, 3.05) is 20.2 Å². The lowest BCUT2D eigenvalue weighted by molar-refractivity contribution is -0.137. The molecule has 0 aromatic rings. The third-order valence-corrected chi connectivity index (χ3v) is 2.77. The number of carboxylic acid groups (broad SMARTS) is 1. The van der Waals surface area contributed by atoms with Crippen LogP contribution in [0.2, 0.25) is 0 Å². The third-order valence-electron chi connectivity index (χ3n) is 2.77. The summed E-state index contributed by atoms with van der Waals surface area (Å²) in [4.78, 5) is 12.5. The molecule has 0 bridgehead atoms. The van der Waals surface area contributed by atoms with Gasteiger partial charge in [-0.3, -0.25) is 4.79 Å². The third kappa shape index (κ3) is 3.27. The fraction of sp³-hybridized carbons (Fsp3) is 0.900. The number of hydrogen-bond donors (Lipinski definition) is 1. The van der Waals surface area contributed by atoms with Crippen molar-refractivity contribution in [2.45, 2.75) is 38.3 Å². The summed E-state index contributed by atoms with van der Waals surface area (Å²) in [5, 5.41) is 8.52. The maximum absolute atomic E-state index is 10.3. The van der Waals surface area contributed by atoms with Crippen LogP contribution in [0.1, 0.15) is 26.2 Å². The summed E-state index contributed by atoms with van der Waals surface area (Å²) in [6.45, 7) is 3.41. The van der Waals surface area contributed by atoms with Crippen LogP contribution in [0.3, 0.4) is 0 Å². The Balaban J connectivity index is 2.09. The van der Waals surface area contributed by atoms with Gasteiger partial charge in [0, 0.05) is 19.2 Å². The molecule has 1 saturated carbocycles. The van der Waals surface area contributed by atoms with Crippen molar-refractivity contribution in [1.82, 2.24) is 4.90 Å². The summed E-state index contributed by atoms with van der Waals surface area (Å²) < 4.78 is 5.44. The fourth-order valence-electron chi connectivity index (χ4n) is 1.72. The molecule has 0 aromatic carbocycles. The Bertz CT molecular complexity index is 190. The number of carbonyl (C=O) groups is 1. The van der Waals surface area contributed by atoms with E-state index >= 15 is 0 Å². The maximum Gasteiger partial charge on any atom is 0.304 e. The lowest BCUT2D eigenvalue weighted by Gasteiger charge is -2.40. The molecule has 0 heterocycles. The van der Waals surface area contributed by atoms with E-state index in [0.717, 1.165) is 19.4 Å². The monoisotopic (exact) mass is 201 g/mol. The molecule has 1 fully saturated rings. The number of carboxylic acids is 1. The van der Waals surface area contributed by atoms with E-state index in [1.807, 2.05) is 14.0 Å². The average molecular weight is 201 g/mol. The van der Waals surface area contributed by atoms with Crippen LogP contribution in [-0.4, -0.2) is 48.3 Å². The molecule has 0 aromatic heterocycles. The Kier molecular flexibility index (Phi) is 4.35. The molecule has 1 N–H and O–H groups in total. The first-order chi connectivity index (χ1) is 6.63. The van der Waals surface area contributed by atoms with E-state index < -0.39 is 5.97 Å². The van der Waals surface area contributed by atoms with Gasteiger partial charge in [-0.2, -0.15) is 0 Å². The highest BCUT2D eigenvalue weighted by atomic mass is 16.5. The SMILES string of the molecule is CCOC1CC(N(C)CCC(=O)O)C1. The smallest absolute Gasteiger partial charge is 0.304 e. The predicted octanol–water partition coefficient (Wildman–Crippen LogP) is 0.960. The summed E-state index contributed by atoms with van der Waals surface area (Å²) in [5.74, 6) is -0.725. The quantitative estimate of drug-likeness (QED) is 0.695. The first-order valence-electron chi connectivity index (χ1n) is 5.17. The van der Waals surface area contributed by atoms with Gasteiger partial charge in [0.05, 0.1) is 12.5 Å². The Labute approximate surface area is 84.8 Å². The number of hydrogen-bond acceptors (Lipinski definition) is 3. The van der Waals surface area contributed by atoms with Gasteiger partial charge in [0.15, 0.2) is 0 Å². The summed E-state index contributed by atoms with van der Waals surface area (Å²) in [5.41, 5.74) is 0. The molecule has 0 radical (unpaired) electrons. The Morgan fingerprint density at radius 1 is 1.57 bits per heavy atom. The van der Waals surface area contributed by atoms with Crippen LogP contribution in [0.15, 0.2) is 0 Å². The minimum atomic E-state index is -0.725. The van der Waals surface area contributed by atoms with E-state index in [2.05, 4.69) is 4.90 Å². The molecule has 0 amide bonds. The second-order valence-electron chi connectivity index (χ2n) is 3.83. The van der Waals surface area contributed by atoms with Crippen LogP contribution in [-0.2, 0) is 9.53 Å². The van der Waals surface area contributed by atoms with Crippen LogP contribution in [0.4, 0.5) is 0 Å². The zero-order valence-corrected chi connectivity index (χ0v) is 8.90. The fourth-order valence-corrected chi connectivity index (χ4v) is 1.72. The van der Waals surface area contributed by atoms with Gasteiger partial charge in [-0.15, -0.1) is 0 Å². The van der Waals surface area contributed by atoms with Gasteiger partial charge in [-0.25, -0.2) is 0 Å². The molecule has 0 spiro atoms. The van der Waals surface area contributed by atoms with E-state index in [1.165, 1.54) is 0 Å². The Hall–Kier alpha value is -0.610. The van der Waals surface area contributed by atoms with Gasteiger partial charge in [-0.1, -0.05) is 0 Å². The normalized spacial score (nSPS) is 26.2. The van der Waals surface area contributed by atoms with Crippen molar-refractivity contribution in [1.29, 1.82) is 0 Å². The molecular formula is C10H19NO3. The first-order valence-corrected chi connectivity index (χ1v) is 5.17. The van der Waals surface area contributed by atoms with Gasteiger partial charge in [0.1, 0.15) is 0 Å². The lowest BCUT2D eigenvalue weighted by atomic mass is 9.88. The highest BCUT2D eigenvalue weighted by Gasteiger charge is 2.32. The van der Waals surface area contributed by atoms with Crippen LogP contribution in [0.5, 0.6) is 0 Å².